The number of aliphatic hydroxyl groups is 1. The van der Waals surface area contributed by atoms with Crippen LogP contribution in [0, 0.1) is 20.8 Å². The van der Waals surface area contributed by atoms with E-state index >= 15 is 0 Å². The molecule has 0 spiro atoms. The lowest BCUT2D eigenvalue weighted by Crippen LogP contribution is -2.38. The van der Waals surface area contributed by atoms with Crippen LogP contribution < -0.4 is 9.88 Å². The predicted octanol–water partition coefficient (Wildman–Crippen LogP) is 5.94. The average molecular weight is 416 g/mol. The lowest BCUT2D eigenvalue weighted by molar-refractivity contribution is -0.576. The van der Waals surface area contributed by atoms with E-state index in [0.29, 0.717) is 19.9 Å². The second-order valence-corrected chi connectivity index (χ2v) is 8.47. The van der Waals surface area contributed by atoms with Crippen molar-refractivity contribution >= 4 is 57.3 Å². The lowest BCUT2D eigenvalue weighted by Gasteiger charge is -2.11. The molecule has 0 saturated carbocycles. The van der Waals surface area contributed by atoms with Gasteiger partial charge in [0.1, 0.15) is 0 Å². The molecule has 2 N–H and O–H groups in total. The fourth-order valence-electron chi connectivity index (χ4n) is 2.65. The standard InChI is InChI=1S/C21H19ClN2OS2/c1-13-5-4-10-24(12-13)19(20(25)17-8-9-18(22)27-17)21(26)23-16-7-6-14(2)15(3)11-16/h4-12H,1-3H3,(H-,23,25,26)/p+1. The molecule has 6 heteroatoms. The molecule has 0 amide bonds. The maximum Gasteiger partial charge on any atom is 0.289 e. The van der Waals surface area contributed by atoms with E-state index in [0.717, 1.165) is 11.3 Å². The van der Waals surface area contributed by atoms with E-state index < -0.39 is 0 Å². The summed E-state index contributed by atoms with van der Waals surface area (Å²) in [6, 6.07) is 13.5. The average Bonchev–Trinajstić information content (AvgIpc) is 3.05. The molecule has 2 aromatic heterocycles. The van der Waals surface area contributed by atoms with Crippen molar-refractivity contribution in [3.8, 4) is 0 Å². The van der Waals surface area contributed by atoms with Gasteiger partial charge in [0.25, 0.3) is 5.70 Å². The highest BCUT2D eigenvalue weighted by atomic mass is 35.5. The Morgan fingerprint density at radius 1 is 1.11 bits per heavy atom. The van der Waals surface area contributed by atoms with Gasteiger partial charge in [-0.05, 0) is 62.2 Å². The molecule has 2 heterocycles. The Balaban J connectivity index is 2.06. The summed E-state index contributed by atoms with van der Waals surface area (Å²) in [5.74, 6) is 0.0869. The largest absolute Gasteiger partial charge is 0.501 e. The number of rotatable bonds is 4. The van der Waals surface area contributed by atoms with Crippen molar-refractivity contribution in [3.05, 3.63) is 80.8 Å². The van der Waals surface area contributed by atoms with Crippen molar-refractivity contribution in [3.63, 3.8) is 0 Å². The van der Waals surface area contributed by atoms with Gasteiger partial charge < -0.3 is 10.4 Å². The molecule has 0 bridgehead atoms. The number of benzene rings is 1. The number of hydrogen-bond acceptors (Lipinski definition) is 3. The highest BCUT2D eigenvalue weighted by molar-refractivity contribution is 7.81. The van der Waals surface area contributed by atoms with Crippen LogP contribution in [0.4, 0.5) is 5.69 Å². The maximum atomic E-state index is 11.0. The molecule has 0 atom stereocenters. The molecular weight excluding hydrogens is 396 g/mol. The van der Waals surface area contributed by atoms with Crippen molar-refractivity contribution in [1.29, 1.82) is 0 Å². The van der Waals surface area contributed by atoms with Crippen LogP contribution in [0.5, 0.6) is 0 Å². The van der Waals surface area contributed by atoms with Crippen LogP contribution in [0.2, 0.25) is 4.34 Å². The van der Waals surface area contributed by atoms with Gasteiger partial charge in [-0.1, -0.05) is 29.9 Å². The number of nitrogens with zero attached hydrogens (tertiary/aromatic N) is 1. The first-order chi connectivity index (χ1) is 12.8. The highest BCUT2D eigenvalue weighted by Crippen LogP contribution is 2.29. The van der Waals surface area contributed by atoms with Crippen molar-refractivity contribution in [2.45, 2.75) is 20.8 Å². The minimum absolute atomic E-state index is 0.0869. The number of aryl methyl sites for hydroxylation is 3. The van der Waals surface area contributed by atoms with Gasteiger partial charge in [0, 0.05) is 17.3 Å². The molecule has 3 aromatic rings. The van der Waals surface area contributed by atoms with E-state index in [2.05, 4.69) is 19.2 Å². The zero-order valence-electron chi connectivity index (χ0n) is 15.3. The second-order valence-electron chi connectivity index (χ2n) is 6.34. The van der Waals surface area contributed by atoms with Crippen LogP contribution in [-0.4, -0.2) is 10.1 Å². The predicted molar refractivity (Wildman–Crippen MR) is 119 cm³/mol. The fourth-order valence-corrected chi connectivity index (χ4v) is 3.95. The minimum atomic E-state index is 0.0869. The molecular formula is C21H20ClN2OS2+. The summed E-state index contributed by atoms with van der Waals surface area (Å²) in [6.45, 7) is 6.12. The first kappa shape index (κ1) is 19.5. The van der Waals surface area contributed by atoms with Gasteiger partial charge in [0.2, 0.25) is 5.76 Å². The maximum absolute atomic E-state index is 11.0. The number of hydrogen-bond donors (Lipinski definition) is 2. The Bertz CT molecular complexity index is 1040. The summed E-state index contributed by atoms with van der Waals surface area (Å²) in [4.78, 5) is 1.09. The van der Waals surface area contributed by atoms with E-state index in [1.165, 1.54) is 22.5 Å². The molecule has 1 aromatic carbocycles. The lowest BCUT2D eigenvalue weighted by atomic mass is 10.1. The van der Waals surface area contributed by atoms with Gasteiger partial charge >= 0.3 is 0 Å². The normalized spacial score (nSPS) is 11.9. The molecule has 138 valence electrons. The van der Waals surface area contributed by atoms with E-state index in [-0.39, 0.29) is 5.76 Å². The van der Waals surface area contributed by atoms with Crippen molar-refractivity contribution in [2.75, 3.05) is 5.32 Å². The van der Waals surface area contributed by atoms with E-state index in [9.17, 15) is 5.11 Å². The van der Waals surface area contributed by atoms with E-state index in [1.807, 2.05) is 54.2 Å². The highest BCUT2D eigenvalue weighted by Gasteiger charge is 2.25. The third-order valence-electron chi connectivity index (χ3n) is 4.22. The van der Waals surface area contributed by atoms with Gasteiger partial charge in [-0.15, -0.1) is 11.3 Å². The summed E-state index contributed by atoms with van der Waals surface area (Å²) in [5, 5.41) is 14.2. The Hall–Kier alpha value is -2.21. The molecule has 0 saturated heterocycles. The van der Waals surface area contributed by atoms with Gasteiger partial charge in [-0.25, -0.2) is 0 Å². The smallest absolute Gasteiger partial charge is 0.289 e. The van der Waals surface area contributed by atoms with Gasteiger partial charge in [0.15, 0.2) is 17.4 Å². The first-order valence-electron chi connectivity index (χ1n) is 8.41. The number of anilines is 1. The van der Waals surface area contributed by atoms with Gasteiger partial charge in [-0.2, -0.15) is 4.57 Å². The van der Waals surface area contributed by atoms with Crippen molar-refractivity contribution in [1.82, 2.24) is 0 Å². The summed E-state index contributed by atoms with van der Waals surface area (Å²) in [5.41, 5.74) is 4.83. The number of aliphatic hydroxyl groups excluding tert-OH is 1. The van der Waals surface area contributed by atoms with Crippen LogP contribution >= 0.6 is 35.2 Å². The third-order valence-corrected chi connectivity index (χ3v) is 5.75. The van der Waals surface area contributed by atoms with Crippen molar-refractivity contribution in [2.24, 2.45) is 0 Å². The molecule has 0 aliphatic heterocycles. The topological polar surface area (TPSA) is 36.1 Å². The first-order valence-corrected chi connectivity index (χ1v) is 10.0. The number of nitrogens with one attached hydrogen (secondary N) is 1. The van der Waals surface area contributed by atoms with E-state index in [1.54, 1.807) is 12.1 Å². The monoisotopic (exact) mass is 415 g/mol. The van der Waals surface area contributed by atoms with Crippen LogP contribution in [0.1, 0.15) is 21.6 Å². The molecule has 3 nitrogen and oxygen atoms in total. The summed E-state index contributed by atoms with van der Waals surface area (Å²) < 4.78 is 2.44. The summed E-state index contributed by atoms with van der Waals surface area (Å²) in [7, 11) is 0. The summed E-state index contributed by atoms with van der Waals surface area (Å²) >= 11 is 13.0. The van der Waals surface area contributed by atoms with Gasteiger partial charge in [0.05, 0.1) is 9.21 Å². The number of pyridine rings is 1. The SMILES string of the molecule is Cc1ccc[n+](/C(C(=S)Nc2ccc(C)c(C)c2)=C(/O)c2ccc(Cl)s2)c1. The number of thiophene rings is 1. The van der Waals surface area contributed by atoms with Crippen LogP contribution in [-0.2, 0) is 0 Å². The molecule has 3 rings (SSSR count). The third kappa shape index (κ3) is 4.56. The zero-order chi connectivity index (χ0) is 19.6. The Morgan fingerprint density at radius 3 is 2.52 bits per heavy atom. The van der Waals surface area contributed by atoms with E-state index in [4.69, 9.17) is 23.8 Å². The number of thiocarbonyl (C=S) groups is 1. The van der Waals surface area contributed by atoms with Crippen molar-refractivity contribution < 1.29 is 9.67 Å². The second kappa shape index (κ2) is 8.21. The Labute approximate surface area is 173 Å². The fraction of sp³-hybridized carbons (Fsp3) is 0.143. The molecule has 0 aliphatic rings. The zero-order valence-corrected chi connectivity index (χ0v) is 17.7. The molecule has 0 radical (unpaired) electrons. The number of aromatic nitrogens is 1. The molecule has 27 heavy (non-hydrogen) atoms. The van der Waals surface area contributed by atoms with Crippen LogP contribution in [0.3, 0.4) is 0 Å². The minimum Gasteiger partial charge on any atom is -0.501 e. The van der Waals surface area contributed by atoms with Crippen LogP contribution in [0.15, 0.2) is 54.9 Å². The number of halogens is 1. The molecule has 0 aliphatic carbocycles. The molecule has 0 fully saturated rings. The molecule has 0 unspecified atom stereocenters. The van der Waals surface area contributed by atoms with Crippen LogP contribution in [0.25, 0.3) is 11.5 Å². The Morgan fingerprint density at radius 2 is 1.89 bits per heavy atom. The Kier molecular flexibility index (Phi) is 5.95. The quantitative estimate of drug-likeness (QED) is 0.239. The van der Waals surface area contributed by atoms with Gasteiger partial charge in [-0.3, -0.25) is 0 Å². The summed E-state index contributed by atoms with van der Waals surface area (Å²) in [6.07, 6.45) is 3.79.